The minimum Gasteiger partial charge on any atom is -0.396 e. The number of halogens is 1. The Balaban J connectivity index is 2.07. The van der Waals surface area contributed by atoms with E-state index in [9.17, 15) is 5.11 Å². The third-order valence-electron chi connectivity index (χ3n) is 2.38. The maximum absolute atomic E-state index is 9.60. The van der Waals surface area contributed by atoms with Gasteiger partial charge in [0.25, 0.3) is 0 Å². The fourth-order valence-corrected chi connectivity index (χ4v) is 1.55. The number of aliphatic hydroxyl groups is 2. The fraction of sp³-hybridized carbons (Fsp3) is 0.538. The Morgan fingerprint density at radius 3 is 2.67 bits per heavy atom. The Bertz CT molecular complexity index is 319. The first-order valence-corrected chi connectivity index (χ1v) is 6.42. The first-order chi connectivity index (χ1) is 8.72. The van der Waals surface area contributed by atoms with Crippen molar-refractivity contribution in [3.05, 3.63) is 34.9 Å². The monoisotopic (exact) mass is 273 g/mol. The maximum Gasteiger partial charge on any atom is 0.0897 e. The van der Waals surface area contributed by atoms with E-state index in [-0.39, 0.29) is 13.2 Å². The number of hydrogen-bond donors (Lipinski definition) is 3. The summed E-state index contributed by atoms with van der Waals surface area (Å²) >= 11 is 5.77. The van der Waals surface area contributed by atoms with E-state index in [0.29, 0.717) is 31.1 Å². The van der Waals surface area contributed by atoms with Gasteiger partial charge in [-0.3, -0.25) is 0 Å². The summed E-state index contributed by atoms with van der Waals surface area (Å²) in [5.41, 5.74) is 1.03. The first-order valence-electron chi connectivity index (χ1n) is 6.04. The lowest BCUT2D eigenvalue weighted by Crippen LogP contribution is -2.31. The number of aliphatic hydroxyl groups excluding tert-OH is 2. The van der Waals surface area contributed by atoms with Crippen molar-refractivity contribution in [3.63, 3.8) is 0 Å². The second-order valence-electron chi connectivity index (χ2n) is 4.08. The van der Waals surface area contributed by atoms with Crippen LogP contribution in [0.3, 0.4) is 0 Å². The van der Waals surface area contributed by atoms with E-state index in [2.05, 4.69) is 5.32 Å². The molecule has 0 bridgehead atoms. The molecule has 1 atom stereocenters. The molecule has 0 aromatic heterocycles. The van der Waals surface area contributed by atoms with Crippen molar-refractivity contribution >= 4 is 11.6 Å². The Morgan fingerprint density at radius 1 is 1.28 bits per heavy atom. The van der Waals surface area contributed by atoms with Crippen LogP contribution >= 0.6 is 11.6 Å². The molecule has 0 fully saturated rings. The predicted octanol–water partition coefficient (Wildman–Crippen LogP) is 1.19. The van der Waals surface area contributed by atoms with Gasteiger partial charge in [-0.2, -0.15) is 0 Å². The van der Waals surface area contributed by atoms with Gasteiger partial charge in [-0.15, -0.1) is 0 Å². The number of rotatable bonds is 9. The number of nitrogens with one attached hydrogen (secondary N) is 1. The van der Waals surface area contributed by atoms with Crippen molar-refractivity contribution in [3.8, 4) is 0 Å². The molecule has 0 amide bonds. The van der Waals surface area contributed by atoms with E-state index in [0.717, 1.165) is 5.56 Å². The summed E-state index contributed by atoms with van der Waals surface area (Å²) in [5, 5.41) is 21.9. The van der Waals surface area contributed by atoms with E-state index in [4.69, 9.17) is 21.4 Å². The molecule has 1 rings (SSSR count). The Morgan fingerprint density at radius 2 is 2.00 bits per heavy atom. The van der Waals surface area contributed by atoms with Gasteiger partial charge < -0.3 is 20.3 Å². The Kier molecular flexibility index (Phi) is 7.96. The molecule has 0 aliphatic heterocycles. The fourth-order valence-electron chi connectivity index (χ4n) is 1.43. The molecule has 18 heavy (non-hydrogen) atoms. The van der Waals surface area contributed by atoms with Crippen molar-refractivity contribution < 1.29 is 14.9 Å². The van der Waals surface area contributed by atoms with Crippen LogP contribution in [0.5, 0.6) is 0 Å². The van der Waals surface area contributed by atoms with Crippen LogP contribution in [0.15, 0.2) is 24.3 Å². The third-order valence-corrected chi connectivity index (χ3v) is 2.64. The molecular formula is C13H20ClNO3. The number of benzene rings is 1. The van der Waals surface area contributed by atoms with E-state index in [1.165, 1.54) is 0 Å². The average Bonchev–Trinajstić information content (AvgIpc) is 2.37. The van der Waals surface area contributed by atoms with Gasteiger partial charge in [-0.05, 0) is 30.7 Å². The average molecular weight is 274 g/mol. The zero-order valence-corrected chi connectivity index (χ0v) is 11.1. The van der Waals surface area contributed by atoms with Crippen LogP contribution in [0, 0.1) is 0 Å². The molecule has 1 unspecified atom stereocenters. The zero-order chi connectivity index (χ0) is 13.2. The Labute approximate surface area is 113 Å². The Hall–Kier alpha value is -0.650. The second kappa shape index (κ2) is 9.30. The highest BCUT2D eigenvalue weighted by Crippen LogP contribution is 2.10. The van der Waals surface area contributed by atoms with Gasteiger partial charge in [0.15, 0.2) is 0 Å². The summed E-state index contributed by atoms with van der Waals surface area (Å²) in [5.74, 6) is 0. The maximum atomic E-state index is 9.60. The van der Waals surface area contributed by atoms with Crippen molar-refractivity contribution in [2.24, 2.45) is 0 Å². The van der Waals surface area contributed by atoms with E-state index < -0.39 is 6.10 Å². The first kappa shape index (κ1) is 15.4. The minimum atomic E-state index is -0.531. The highest BCUT2D eigenvalue weighted by Gasteiger charge is 2.03. The van der Waals surface area contributed by atoms with Gasteiger partial charge in [-0.1, -0.05) is 23.7 Å². The second-order valence-corrected chi connectivity index (χ2v) is 4.51. The minimum absolute atomic E-state index is 0.163. The SMILES string of the molecule is OCCCNCC(O)COCc1ccc(Cl)cc1. The molecule has 0 aliphatic carbocycles. The third kappa shape index (κ3) is 6.93. The molecule has 102 valence electrons. The van der Waals surface area contributed by atoms with Crippen molar-refractivity contribution in [2.45, 2.75) is 19.1 Å². The molecule has 5 heteroatoms. The normalized spacial score (nSPS) is 12.6. The predicted molar refractivity (Wildman–Crippen MR) is 71.7 cm³/mol. The summed E-state index contributed by atoms with van der Waals surface area (Å²) < 4.78 is 5.40. The molecular weight excluding hydrogens is 254 g/mol. The lowest BCUT2D eigenvalue weighted by atomic mass is 10.2. The summed E-state index contributed by atoms with van der Waals surface area (Å²) in [6, 6.07) is 7.42. The summed E-state index contributed by atoms with van der Waals surface area (Å²) in [6.45, 7) is 2.08. The van der Waals surface area contributed by atoms with Crippen LogP contribution < -0.4 is 5.32 Å². The summed E-state index contributed by atoms with van der Waals surface area (Å²) in [6.07, 6.45) is 0.161. The largest absolute Gasteiger partial charge is 0.396 e. The zero-order valence-electron chi connectivity index (χ0n) is 10.3. The van der Waals surface area contributed by atoms with Gasteiger partial charge in [0, 0.05) is 18.2 Å². The highest BCUT2D eigenvalue weighted by molar-refractivity contribution is 6.30. The van der Waals surface area contributed by atoms with E-state index in [1.807, 2.05) is 24.3 Å². The molecule has 3 N–H and O–H groups in total. The number of hydrogen-bond acceptors (Lipinski definition) is 4. The van der Waals surface area contributed by atoms with Crippen LogP contribution in [0.4, 0.5) is 0 Å². The van der Waals surface area contributed by atoms with Gasteiger partial charge >= 0.3 is 0 Å². The standard InChI is InChI=1S/C13H20ClNO3/c14-12-4-2-11(3-5-12)9-18-10-13(17)8-15-6-1-7-16/h2-5,13,15-17H,1,6-10H2. The molecule has 0 saturated heterocycles. The number of ether oxygens (including phenoxy) is 1. The van der Waals surface area contributed by atoms with Crippen LogP contribution in [-0.4, -0.2) is 42.6 Å². The topological polar surface area (TPSA) is 61.7 Å². The van der Waals surface area contributed by atoms with Crippen LogP contribution in [0.25, 0.3) is 0 Å². The quantitative estimate of drug-likeness (QED) is 0.592. The van der Waals surface area contributed by atoms with Crippen molar-refractivity contribution in [2.75, 3.05) is 26.3 Å². The van der Waals surface area contributed by atoms with E-state index in [1.54, 1.807) is 0 Å². The molecule has 0 spiro atoms. The lowest BCUT2D eigenvalue weighted by Gasteiger charge is -2.12. The summed E-state index contributed by atoms with van der Waals surface area (Å²) in [7, 11) is 0. The highest BCUT2D eigenvalue weighted by atomic mass is 35.5. The molecule has 0 radical (unpaired) electrons. The van der Waals surface area contributed by atoms with Crippen LogP contribution in [-0.2, 0) is 11.3 Å². The van der Waals surface area contributed by atoms with Gasteiger partial charge in [0.1, 0.15) is 0 Å². The molecule has 0 saturated carbocycles. The molecule has 4 nitrogen and oxygen atoms in total. The van der Waals surface area contributed by atoms with Crippen LogP contribution in [0.1, 0.15) is 12.0 Å². The molecule has 0 heterocycles. The van der Waals surface area contributed by atoms with Crippen molar-refractivity contribution in [1.29, 1.82) is 0 Å². The molecule has 0 aliphatic rings. The van der Waals surface area contributed by atoms with E-state index >= 15 is 0 Å². The summed E-state index contributed by atoms with van der Waals surface area (Å²) in [4.78, 5) is 0. The van der Waals surface area contributed by atoms with Crippen LogP contribution in [0.2, 0.25) is 5.02 Å². The van der Waals surface area contributed by atoms with Gasteiger partial charge in [-0.25, -0.2) is 0 Å². The van der Waals surface area contributed by atoms with Crippen molar-refractivity contribution in [1.82, 2.24) is 5.32 Å². The molecule has 1 aromatic carbocycles. The molecule has 1 aromatic rings. The lowest BCUT2D eigenvalue weighted by molar-refractivity contribution is 0.0288. The van der Waals surface area contributed by atoms with Gasteiger partial charge in [0.2, 0.25) is 0 Å². The van der Waals surface area contributed by atoms with Gasteiger partial charge in [0.05, 0.1) is 19.3 Å². The smallest absolute Gasteiger partial charge is 0.0897 e.